The molecule has 0 saturated carbocycles. The highest BCUT2D eigenvalue weighted by molar-refractivity contribution is 6.39. The summed E-state index contributed by atoms with van der Waals surface area (Å²) in [4.78, 5) is 24.7. The van der Waals surface area contributed by atoms with E-state index in [-0.39, 0.29) is 50.6 Å². The number of hydrogen-bond donors (Lipinski definition) is 2. The van der Waals surface area contributed by atoms with Gasteiger partial charge in [0.15, 0.2) is 0 Å². The van der Waals surface area contributed by atoms with Crippen LogP contribution >= 0.6 is 23.2 Å². The van der Waals surface area contributed by atoms with Gasteiger partial charge in [-0.25, -0.2) is 9.97 Å². The molecule has 3 heterocycles. The van der Waals surface area contributed by atoms with Crippen molar-refractivity contribution in [2.75, 3.05) is 17.2 Å². The van der Waals surface area contributed by atoms with Gasteiger partial charge >= 0.3 is 12.4 Å². The summed E-state index contributed by atoms with van der Waals surface area (Å²) in [6.45, 7) is 0.124. The molecular weight excluding hydrogens is 577 g/mol. The van der Waals surface area contributed by atoms with Gasteiger partial charge in [0.1, 0.15) is 18.1 Å². The van der Waals surface area contributed by atoms with E-state index in [0.717, 1.165) is 22.9 Å². The first-order valence-corrected chi connectivity index (χ1v) is 11.7. The zero-order valence-corrected chi connectivity index (χ0v) is 21.1. The van der Waals surface area contributed by atoms with Gasteiger partial charge in [0.05, 0.1) is 44.5 Å². The van der Waals surface area contributed by atoms with Gasteiger partial charge in [0, 0.05) is 24.7 Å². The number of fused-ring (bicyclic) bond motifs is 1. The third-order valence-corrected chi connectivity index (χ3v) is 5.72. The number of anilines is 3. The number of nitrogens with one attached hydrogen (secondary N) is 2. The number of nitrogens with zero attached hydrogens (tertiary/aromatic N) is 4. The molecule has 3 aromatic heterocycles. The number of alkyl halides is 6. The Kier molecular flexibility index (Phi) is 7.80. The van der Waals surface area contributed by atoms with Crippen LogP contribution in [0, 0.1) is 0 Å². The zero-order valence-electron chi connectivity index (χ0n) is 19.6. The van der Waals surface area contributed by atoms with Crippen molar-refractivity contribution in [3.63, 3.8) is 0 Å². The molecular formula is C23H16Cl2F6N6O2. The molecule has 0 spiro atoms. The van der Waals surface area contributed by atoms with Gasteiger partial charge in [-0.15, -0.1) is 0 Å². The fourth-order valence-electron chi connectivity index (χ4n) is 3.54. The van der Waals surface area contributed by atoms with Crippen molar-refractivity contribution >= 4 is 57.6 Å². The lowest BCUT2D eigenvalue weighted by atomic mass is 10.1. The third-order valence-electron chi connectivity index (χ3n) is 5.15. The number of pyridine rings is 2. The van der Waals surface area contributed by atoms with Crippen LogP contribution in [0.2, 0.25) is 10.0 Å². The predicted molar refractivity (Wildman–Crippen MR) is 132 cm³/mol. The van der Waals surface area contributed by atoms with Crippen molar-refractivity contribution in [3.05, 3.63) is 64.0 Å². The fourth-order valence-corrected chi connectivity index (χ4v) is 4.00. The van der Waals surface area contributed by atoms with E-state index in [4.69, 9.17) is 27.9 Å². The number of rotatable bonds is 7. The second kappa shape index (κ2) is 10.8. The number of carbonyl (C=O) groups excluding carboxylic acids is 1. The van der Waals surface area contributed by atoms with Crippen molar-refractivity contribution in [2.45, 2.75) is 25.8 Å². The van der Waals surface area contributed by atoms with Crippen LogP contribution in [0.15, 0.2) is 42.9 Å². The first-order chi connectivity index (χ1) is 18.3. The molecule has 1 amide bonds. The molecule has 0 atom stereocenters. The highest BCUT2D eigenvalue weighted by Crippen LogP contribution is 2.36. The van der Waals surface area contributed by atoms with Gasteiger partial charge in [0.25, 0.3) is 5.91 Å². The molecule has 0 saturated heterocycles. The molecule has 0 radical (unpaired) electrons. The van der Waals surface area contributed by atoms with Gasteiger partial charge in [-0.3, -0.25) is 9.78 Å². The number of carbonyl (C=O) groups is 1. The molecule has 206 valence electrons. The fraction of sp³-hybridized carbons (Fsp3) is 0.217. The van der Waals surface area contributed by atoms with Gasteiger partial charge in [-0.1, -0.05) is 23.2 Å². The van der Waals surface area contributed by atoms with E-state index in [2.05, 4.69) is 25.6 Å². The average molecular weight is 593 g/mol. The lowest BCUT2D eigenvalue weighted by Gasteiger charge is -2.15. The topological polar surface area (TPSA) is 94.0 Å². The maximum atomic E-state index is 13.5. The Morgan fingerprint density at radius 3 is 2.38 bits per heavy atom. The Morgan fingerprint density at radius 1 is 1.08 bits per heavy atom. The Balaban J connectivity index is 1.80. The first kappa shape index (κ1) is 28.2. The molecule has 2 N–H and O–H groups in total. The largest absolute Gasteiger partial charge is 0.493 e. The molecule has 0 aliphatic carbocycles. The highest BCUT2D eigenvalue weighted by Gasteiger charge is 2.32. The first-order valence-electron chi connectivity index (χ1n) is 10.9. The number of imidazole rings is 1. The summed E-state index contributed by atoms with van der Waals surface area (Å²) in [6, 6.07) is 3.69. The van der Waals surface area contributed by atoms with Crippen LogP contribution in [0.25, 0.3) is 11.0 Å². The quantitative estimate of drug-likeness (QED) is 0.222. The van der Waals surface area contributed by atoms with Gasteiger partial charge in [0.2, 0.25) is 5.95 Å². The van der Waals surface area contributed by atoms with Crippen molar-refractivity contribution in [1.82, 2.24) is 19.5 Å². The predicted octanol–water partition coefficient (Wildman–Crippen LogP) is 7.11. The molecule has 0 bridgehead atoms. The molecule has 1 aromatic carbocycles. The van der Waals surface area contributed by atoms with Crippen LogP contribution < -0.4 is 15.4 Å². The molecule has 0 fully saturated rings. The van der Waals surface area contributed by atoms with Crippen LogP contribution in [0.3, 0.4) is 0 Å². The SMILES string of the molecule is CCOc1cc2c(cc1C(=O)Nc1cc(C(F)(F)F)ccn1)nc(Nc1c(Cl)cncc1Cl)n2CC(F)(F)F. The Bertz CT molecular complexity index is 1520. The summed E-state index contributed by atoms with van der Waals surface area (Å²) < 4.78 is 86.0. The van der Waals surface area contributed by atoms with Crippen LogP contribution in [0.1, 0.15) is 22.8 Å². The molecule has 8 nitrogen and oxygen atoms in total. The summed E-state index contributed by atoms with van der Waals surface area (Å²) in [7, 11) is 0. The van der Waals surface area contributed by atoms with E-state index in [0.29, 0.717) is 6.07 Å². The monoisotopic (exact) mass is 592 g/mol. The normalized spacial score (nSPS) is 12.0. The number of aromatic nitrogens is 4. The summed E-state index contributed by atoms with van der Waals surface area (Å²) in [5.74, 6) is -1.77. The number of halogens is 8. The summed E-state index contributed by atoms with van der Waals surface area (Å²) >= 11 is 12.2. The smallest absolute Gasteiger partial charge is 0.416 e. The number of amides is 1. The van der Waals surface area contributed by atoms with Gasteiger partial charge in [-0.2, -0.15) is 26.3 Å². The standard InChI is InChI=1S/C23H16Cl2F6N6O2/c1-2-39-17-7-16-15(6-12(17)20(38)35-18-5-11(3-4-33-18)23(29,30)31)34-21(37(16)10-22(26,27)28)36-19-13(24)8-32-9-14(19)25/h3-9H,2,10H2,1H3,(H,32,34,36)(H,33,35,38). The second-order valence-electron chi connectivity index (χ2n) is 7.89. The number of benzene rings is 1. The average Bonchev–Trinajstić information content (AvgIpc) is 3.15. The lowest BCUT2D eigenvalue weighted by molar-refractivity contribution is -0.139. The van der Waals surface area contributed by atoms with Crippen LogP contribution in [-0.2, 0) is 12.7 Å². The van der Waals surface area contributed by atoms with Crippen molar-refractivity contribution in [3.8, 4) is 5.75 Å². The van der Waals surface area contributed by atoms with Gasteiger partial charge < -0.3 is 19.9 Å². The van der Waals surface area contributed by atoms with Crippen molar-refractivity contribution in [2.24, 2.45) is 0 Å². The maximum absolute atomic E-state index is 13.5. The van der Waals surface area contributed by atoms with E-state index in [1.807, 2.05) is 0 Å². The van der Waals surface area contributed by atoms with E-state index < -0.39 is 36.2 Å². The minimum Gasteiger partial charge on any atom is -0.493 e. The summed E-state index contributed by atoms with van der Waals surface area (Å²) in [6.07, 6.45) is -6.02. The van der Waals surface area contributed by atoms with E-state index in [1.54, 1.807) is 6.92 Å². The van der Waals surface area contributed by atoms with Gasteiger partial charge in [-0.05, 0) is 25.1 Å². The molecule has 0 aliphatic rings. The van der Waals surface area contributed by atoms with E-state index in [1.165, 1.54) is 18.5 Å². The molecule has 0 unspecified atom stereocenters. The van der Waals surface area contributed by atoms with Crippen molar-refractivity contribution in [1.29, 1.82) is 0 Å². The van der Waals surface area contributed by atoms with Crippen LogP contribution in [0.4, 0.5) is 43.8 Å². The van der Waals surface area contributed by atoms with Crippen LogP contribution in [-0.4, -0.2) is 38.2 Å². The lowest BCUT2D eigenvalue weighted by Crippen LogP contribution is -2.19. The molecule has 4 rings (SSSR count). The summed E-state index contributed by atoms with van der Waals surface area (Å²) in [5, 5.41) is 4.94. The Morgan fingerprint density at radius 2 is 1.77 bits per heavy atom. The Hall–Kier alpha value is -3.78. The molecule has 16 heteroatoms. The highest BCUT2D eigenvalue weighted by atomic mass is 35.5. The molecule has 39 heavy (non-hydrogen) atoms. The Labute approximate surface area is 225 Å². The number of ether oxygens (including phenoxy) is 1. The van der Waals surface area contributed by atoms with E-state index >= 15 is 0 Å². The number of hydrogen-bond acceptors (Lipinski definition) is 6. The summed E-state index contributed by atoms with van der Waals surface area (Å²) in [5.41, 5.74) is -1.32. The second-order valence-corrected chi connectivity index (χ2v) is 8.71. The van der Waals surface area contributed by atoms with Crippen LogP contribution in [0.5, 0.6) is 5.75 Å². The minimum absolute atomic E-state index is 0.0109. The minimum atomic E-state index is -4.67. The zero-order chi connectivity index (χ0) is 28.5. The molecule has 0 aliphatic heterocycles. The maximum Gasteiger partial charge on any atom is 0.416 e. The third kappa shape index (κ3) is 6.45. The van der Waals surface area contributed by atoms with Crippen molar-refractivity contribution < 1.29 is 35.9 Å². The van der Waals surface area contributed by atoms with E-state index in [9.17, 15) is 31.1 Å². The molecule has 4 aromatic rings.